The van der Waals surface area contributed by atoms with Gasteiger partial charge in [0.05, 0.1) is 11.4 Å². The molecule has 1 amide bonds. The van der Waals surface area contributed by atoms with Crippen LogP contribution in [-0.4, -0.2) is 63.4 Å². The standard InChI is InChI=1S/C27H28FN7O3S/c1-3-23(36)34-14-6-7-20(16-34)35-27-24(26(29)30-17-31-27)25(32-35)19-12-10-18(11-13-19)15-33(2)39(37,38)22-9-5-4-8-21(22)28/h3-5,8-13,17,20H,1,6-7,14-16H2,2H3,(H2,29,30,31). The maximum Gasteiger partial charge on any atom is 0.246 e. The van der Waals surface area contributed by atoms with Gasteiger partial charge in [-0.25, -0.2) is 27.5 Å². The van der Waals surface area contributed by atoms with Crippen molar-refractivity contribution in [3.8, 4) is 11.3 Å². The third-order valence-corrected chi connectivity index (χ3v) is 8.74. The third kappa shape index (κ3) is 5.00. The smallest absolute Gasteiger partial charge is 0.246 e. The fourth-order valence-electron chi connectivity index (χ4n) is 4.87. The first kappa shape index (κ1) is 26.4. The van der Waals surface area contributed by atoms with Crippen LogP contribution >= 0.6 is 0 Å². The second-order valence-electron chi connectivity index (χ2n) is 9.42. The lowest BCUT2D eigenvalue weighted by Crippen LogP contribution is -2.40. The summed E-state index contributed by atoms with van der Waals surface area (Å²) in [6, 6.07) is 12.4. The highest BCUT2D eigenvalue weighted by Crippen LogP contribution is 2.34. The molecule has 1 aliphatic heterocycles. The van der Waals surface area contributed by atoms with Crippen molar-refractivity contribution >= 4 is 32.8 Å². The zero-order valence-corrected chi connectivity index (χ0v) is 22.2. The van der Waals surface area contributed by atoms with E-state index in [0.717, 1.165) is 28.8 Å². The molecule has 4 aromatic rings. The topological polar surface area (TPSA) is 127 Å². The van der Waals surface area contributed by atoms with Crippen molar-refractivity contribution < 1.29 is 17.6 Å². The van der Waals surface area contributed by atoms with Crippen LogP contribution < -0.4 is 5.73 Å². The fraction of sp³-hybridized carbons (Fsp3) is 0.259. The van der Waals surface area contributed by atoms with Crippen LogP contribution in [0.15, 0.2) is 72.4 Å². The largest absolute Gasteiger partial charge is 0.383 e. The van der Waals surface area contributed by atoms with Gasteiger partial charge in [0.15, 0.2) is 5.65 Å². The molecule has 0 bridgehead atoms. The zero-order chi connectivity index (χ0) is 27.7. The second kappa shape index (κ2) is 10.5. The first-order valence-corrected chi connectivity index (χ1v) is 13.8. The number of halogens is 1. The van der Waals surface area contributed by atoms with Crippen molar-refractivity contribution in [3.05, 3.63) is 78.9 Å². The van der Waals surface area contributed by atoms with Crippen molar-refractivity contribution in [1.29, 1.82) is 0 Å². The van der Waals surface area contributed by atoms with E-state index in [1.54, 1.807) is 17.0 Å². The average Bonchev–Trinajstić information content (AvgIpc) is 3.34. The predicted octanol–water partition coefficient (Wildman–Crippen LogP) is 3.38. The number of nitrogens with two attached hydrogens (primary N) is 1. The number of hydrogen-bond acceptors (Lipinski definition) is 7. The van der Waals surface area contributed by atoms with Gasteiger partial charge in [0, 0.05) is 32.2 Å². The summed E-state index contributed by atoms with van der Waals surface area (Å²) >= 11 is 0. The minimum atomic E-state index is -4.01. The van der Waals surface area contributed by atoms with Crippen molar-refractivity contribution in [3.63, 3.8) is 0 Å². The number of fused-ring (bicyclic) bond motifs is 1. The molecular formula is C27H28FN7O3S. The Hall–Kier alpha value is -4.16. The van der Waals surface area contributed by atoms with Crippen LogP contribution in [0.25, 0.3) is 22.3 Å². The Morgan fingerprint density at radius 1 is 1.21 bits per heavy atom. The molecule has 1 aliphatic rings. The Morgan fingerprint density at radius 3 is 2.67 bits per heavy atom. The summed E-state index contributed by atoms with van der Waals surface area (Å²) in [7, 11) is -2.60. The molecular weight excluding hydrogens is 521 g/mol. The van der Waals surface area contributed by atoms with Crippen LogP contribution in [0.1, 0.15) is 24.4 Å². The maximum atomic E-state index is 14.1. The number of nitrogens with zero attached hydrogens (tertiary/aromatic N) is 6. The number of nitrogen functional groups attached to an aromatic ring is 1. The van der Waals surface area contributed by atoms with E-state index in [1.165, 1.54) is 37.7 Å². The molecule has 5 rings (SSSR count). The number of piperidine rings is 1. The Kier molecular flexibility index (Phi) is 7.15. The molecule has 1 unspecified atom stereocenters. The van der Waals surface area contributed by atoms with E-state index in [0.29, 0.717) is 35.4 Å². The Balaban J connectivity index is 1.44. The number of carbonyl (C=O) groups excluding carboxylic acids is 1. The Morgan fingerprint density at radius 2 is 1.95 bits per heavy atom. The quantitative estimate of drug-likeness (QED) is 0.350. The van der Waals surface area contributed by atoms with Gasteiger partial charge in [0.2, 0.25) is 15.9 Å². The van der Waals surface area contributed by atoms with Gasteiger partial charge in [0.25, 0.3) is 0 Å². The van der Waals surface area contributed by atoms with Gasteiger partial charge < -0.3 is 10.6 Å². The molecule has 2 aromatic carbocycles. The first-order valence-electron chi connectivity index (χ1n) is 12.4. The van der Waals surface area contributed by atoms with Gasteiger partial charge in [-0.05, 0) is 36.6 Å². The van der Waals surface area contributed by atoms with Gasteiger partial charge in [0.1, 0.15) is 28.6 Å². The van der Waals surface area contributed by atoms with Crippen LogP contribution in [0.3, 0.4) is 0 Å². The number of benzene rings is 2. The van der Waals surface area contributed by atoms with E-state index in [1.807, 2.05) is 16.8 Å². The number of rotatable bonds is 7. The number of hydrogen-bond donors (Lipinski definition) is 1. The van der Waals surface area contributed by atoms with Gasteiger partial charge in [-0.2, -0.15) is 9.40 Å². The lowest BCUT2D eigenvalue weighted by atomic mass is 10.1. The fourth-order valence-corrected chi connectivity index (χ4v) is 6.09. The number of anilines is 1. The molecule has 2 aromatic heterocycles. The minimum Gasteiger partial charge on any atom is -0.383 e. The lowest BCUT2D eigenvalue weighted by Gasteiger charge is -2.32. The van der Waals surface area contributed by atoms with E-state index < -0.39 is 15.8 Å². The molecule has 0 saturated carbocycles. The molecule has 12 heteroatoms. The normalized spacial score (nSPS) is 16.1. The molecule has 39 heavy (non-hydrogen) atoms. The average molecular weight is 550 g/mol. The van der Waals surface area contributed by atoms with E-state index >= 15 is 0 Å². The molecule has 1 fully saturated rings. The van der Waals surface area contributed by atoms with Gasteiger partial charge in [-0.1, -0.05) is 43.0 Å². The van der Waals surface area contributed by atoms with E-state index in [2.05, 4.69) is 16.5 Å². The van der Waals surface area contributed by atoms with Crippen molar-refractivity contribution in [2.45, 2.75) is 30.3 Å². The van der Waals surface area contributed by atoms with Crippen LogP contribution in [0.5, 0.6) is 0 Å². The Bertz CT molecular complexity index is 1650. The molecule has 3 heterocycles. The summed E-state index contributed by atoms with van der Waals surface area (Å²) in [4.78, 5) is 22.2. The third-order valence-electron chi connectivity index (χ3n) is 6.90. The van der Waals surface area contributed by atoms with Crippen LogP contribution in [-0.2, 0) is 21.4 Å². The molecule has 1 saturated heterocycles. The van der Waals surface area contributed by atoms with Gasteiger partial charge >= 0.3 is 0 Å². The summed E-state index contributed by atoms with van der Waals surface area (Å²) in [5.41, 5.74) is 8.89. The molecule has 0 aliphatic carbocycles. The number of sulfonamides is 1. The summed E-state index contributed by atoms with van der Waals surface area (Å²) in [5.74, 6) is -0.629. The number of carbonyl (C=O) groups is 1. The summed E-state index contributed by atoms with van der Waals surface area (Å²) in [5, 5.41) is 5.47. The van der Waals surface area contributed by atoms with Crippen LogP contribution in [0, 0.1) is 5.82 Å². The second-order valence-corrected chi connectivity index (χ2v) is 11.4. The highest BCUT2D eigenvalue weighted by molar-refractivity contribution is 7.89. The monoisotopic (exact) mass is 549 g/mol. The molecule has 202 valence electrons. The highest BCUT2D eigenvalue weighted by Gasteiger charge is 2.28. The van der Waals surface area contributed by atoms with Crippen LogP contribution in [0.4, 0.5) is 10.2 Å². The molecule has 2 N–H and O–H groups in total. The summed E-state index contributed by atoms with van der Waals surface area (Å²) in [6.07, 6.45) is 4.35. The van der Waals surface area contributed by atoms with E-state index in [9.17, 15) is 17.6 Å². The molecule has 0 spiro atoms. The minimum absolute atomic E-state index is 0.0482. The molecule has 1 atom stereocenters. The first-order chi connectivity index (χ1) is 18.7. The summed E-state index contributed by atoms with van der Waals surface area (Å²) in [6.45, 7) is 4.78. The van der Waals surface area contributed by atoms with Crippen LogP contribution in [0.2, 0.25) is 0 Å². The predicted molar refractivity (Wildman–Crippen MR) is 145 cm³/mol. The van der Waals surface area contributed by atoms with Gasteiger partial charge in [-0.15, -0.1) is 0 Å². The number of likely N-dealkylation sites (tertiary alicyclic amines) is 1. The lowest BCUT2D eigenvalue weighted by molar-refractivity contribution is -0.127. The van der Waals surface area contributed by atoms with Gasteiger partial charge in [-0.3, -0.25) is 4.79 Å². The maximum absolute atomic E-state index is 14.1. The van der Waals surface area contributed by atoms with Crippen molar-refractivity contribution in [1.82, 2.24) is 29.0 Å². The number of aromatic nitrogens is 4. The SMILES string of the molecule is C=CC(=O)N1CCCC(n2nc(-c3ccc(CN(C)S(=O)(=O)c4ccccc4F)cc3)c3c(N)ncnc32)C1. The zero-order valence-electron chi connectivity index (χ0n) is 21.4. The molecule has 0 radical (unpaired) electrons. The van der Waals surface area contributed by atoms with E-state index in [-0.39, 0.29) is 29.2 Å². The van der Waals surface area contributed by atoms with Crippen molar-refractivity contribution in [2.75, 3.05) is 25.9 Å². The molecule has 10 nitrogen and oxygen atoms in total. The van der Waals surface area contributed by atoms with Crippen molar-refractivity contribution in [2.24, 2.45) is 0 Å². The number of amides is 1. The highest BCUT2D eigenvalue weighted by atomic mass is 32.2. The van der Waals surface area contributed by atoms with E-state index in [4.69, 9.17) is 10.8 Å². The summed E-state index contributed by atoms with van der Waals surface area (Å²) < 4.78 is 42.8. The Labute approximate surface area is 225 Å².